The van der Waals surface area contributed by atoms with Crippen molar-refractivity contribution in [2.75, 3.05) is 0 Å². The molecule has 0 saturated heterocycles. The summed E-state index contributed by atoms with van der Waals surface area (Å²) >= 11 is 3.30. The van der Waals surface area contributed by atoms with Crippen LogP contribution < -0.4 is 0 Å². The third-order valence-corrected chi connectivity index (χ3v) is 11.4. The second-order valence-electron chi connectivity index (χ2n) is 12.1. The first kappa shape index (κ1) is 24.2. The molecule has 10 aromatic rings. The fraction of sp³-hybridized carbons (Fsp3) is 0. The Hall–Kier alpha value is -6.01. The fourth-order valence-electron chi connectivity index (χ4n) is 6.60. The lowest BCUT2D eigenvalue weighted by Crippen LogP contribution is -2.00. The van der Waals surface area contributed by atoms with Gasteiger partial charge in [-0.25, -0.2) is 15.0 Å². The normalized spacial score (nSPS) is 13.0. The molecule has 10 rings (SSSR count). The van der Waals surface area contributed by atoms with E-state index in [4.69, 9.17) is 21.8 Å². The van der Waals surface area contributed by atoms with Crippen LogP contribution >= 0.6 is 22.7 Å². The van der Waals surface area contributed by atoms with E-state index in [0.29, 0.717) is 23.0 Å². The third kappa shape index (κ3) is 4.98. The fourth-order valence-corrected chi connectivity index (χ4v) is 8.93. The van der Waals surface area contributed by atoms with Crippen LogP contribution in [0.25, 0.3) is 96.8 Å². The first-order valence-corrected chi connectivity index (χ1v) is 17.8. The number of hydrogen-bond acceptors (Lipinski definition) is 5. The number of thiophene rings is 2. The summed E-state index contributed by atoms with van der Waals surface area (Å²) in [6, 6.07) is 43.3. The summed E-state index contributed by atoms with van der Waals surface area (Å²) in [4.78, 5) is 15.1. The molecule has 7 aromatic carbocycles. The summed E-state index contributed by atoms with van der Waals surface area (Å²) in [6.45, 7) is 0. The lowest BCUT2D eigenvalue weighted by molar-refractivity contribution is 1.08. The molecule has 0 saturated carbocycles. The average molecular weight is 679 g/mol. The standard InChI is InChI=1S/C45H27N3S2/c1-4-12-28(13-5-1)33-25-36(29-14-6-2-7-15-29)42-38(26-33)35-22-20-32(27-41(35)50-42)45-47-43(30-16-8-3-9-17-30)46-44(48-45)31-21-23-40-37(24-31)34-18-10-11-19-39(34)49-40/h1-27H/i2D,6D,7D,14D,15D. The van der Waals surface area contributed by atoms with Crippen molar-refractivity contribution in [1.29, 1.82) is 0 Å². The van der Waals surface area contributed by atoms with Crippen LogP contribution in [0.2, 0.25) is 0 Å². The smallest absolute Gasteiger partial charge is 0.164 e. The summed E-state index contributed by atoms with van der Waals surface area (Å²) < 4.78 is 47.1. The van der Waals surface area contributed by atoms with Crippen LogP contribution in [0.3, 0.4) is 0 Å². The van der Waals surface area contributed by atoms with Crippen molar-refractivity contribution < 1.29 is 6.85 Å². The van der Waals surface area contributed by atoms with Crippen molar-refractivity contribution in [1.82, 2.24) is 15.0 Å². The van der Waals surface area contributed by atoms with Crippen molar-refractivity contribution >= 4 is 63.0 Å². The molecule has 0 aliphatic heterocycles. The van der Waals surface area contributed by atoms with Crippen molar-refractivity contribution in [3.63, 3.8) is 0 Å². The Morgan fingerprint density at radius 2 is 0.980 bits per heavy atom. The Kier molecular flexibility index (Phi) is 5.73. The highest BCUT2D eigenvalue weighted by Gasteiger charge is 2.17. The summed E-state index contributed by atoms with van der Waals surface area (Å²) in [5.41, 5.74) is 5.24. The number of nitrogens with zero attached hydrogens (tertiary/aromatic N) is 3. The van der Waals surface area contributed by atoms with Gasteiger partial charge in [-0.1, -0.05) is 121 Å². The molecule has 0 radical (unpaired) electrons. The summed E-state index contributed by atoms with van der Waals surface area (Å²) in [6.07, 6.45) is 0. The summed E-state index contributed by atoms with van der Waals surface area (Å²) in [7, 11) is 0. The Morgan fingerprint density at radius 3 is 1.76 bits per heavy atom. The first-order chi connectivity index (χ1) is 26.8. The van der Waals surface area contributed by atoms with E-state index in [-0.39, 0.29) is 29.7 Å². The molecule has 0 amide bonds. The molecule has 5 heteroatoms. The molecule has 234 valence electrons. The Labute approximate surface area is 303 Å². The second-order valence-corrected chi connectivity index (χ2v) is 14.2. The highest BCUT2D eigenvalue weighted by Crippen LogP contribution is 2.44. The predicted octanol–water partition coefficient (Wildman–Crippen LogP) is 12.9. The number of aromatic nitrogens is 3. The van der Waals surface area contributed by atoms with E-state index >= 15 is 0 Å². The summed E-state index contributed by atoms with van der Waals surface area (Å²) in [5.74, 6) is 1.69. The molecule has 0 N–H and O–H groups in total. The lowest BCUT2D eigenvalue weighted by Gasteiger charge is -2.09. The van der Waals surface area contributed by atoms with Crippen molar-refractivity contribution in [2.24, 2.45) is 0 Å². The van der Waals surface area contributed by atoms with Crippen molar-refractivity contribution in [3.8, 4) is 56.4 Å². The molecule has 3 nitrogen and oxygen atoms in total. The minimum Gasteiger partial charge on any atom is -0.208 e. The molecule has 3 heterocycles. The van der Waals surface area contributed by atoms with Gasteiger partial charge in [0.05, 0.1) is 6.85 Å². The summed E-state index contributed by atoms with van der Waals surface area (Å²) in [5, 5.41) is 4.29. The maximum absolute atomic E-state index is 8.87. The van der Waals surface area contributed by atoms with Crippen LogP contribution in [0.5, 0.6) is 0 Å². The molecular weight excluding hydrogens is 647 g/mol. The Balaban J connectivity index is 1.19. The maximum Gasteiger partial charge on any atom is 0.164 e. The van der Waals surface area contributed by atoms with E-state index in [0.717, 1.165) is 53.4 Å². The Morgan fingerprint density at radius 1 is 0.380 bits per heavy atom. The highest BCUT2D eigenvalue weighted by atomic mass is 32.1. The zero-order valence-electron chi connectivity index (χ0n) is 31.4. The minimum absolute atomic E-state index is 0.186. The highest BCUT2D eigenvalue weighted by molar-refractivity contribution is 7.26. The van der Waals surface area contributed by atoms with Gasteiger partial charge in [0.1, 0.15) is 0 Å². The molecule has 0 aliphatic rings. The van der Waals surface area contributed by atoms with Gasteiger partial charge in [-0.3, -0.25) is 0 Å². The maximum atomic E-state index is 8.87. The molecule has 0 aliphatic carbocycles. The zero-order chi connectivity index (χ0) is 37.4. The van der Waals surface area contributed by atoms with Gasteiger partial charge < -0.3 is 0 Å². The van der Waals surface area contributed by atoms with Crippen LogP contribution in [0.1, 0.15) is 6.85 Å². The van der Waals surface area contributed by atoms with Gasteiger partial charge in [-0.2, -0.15) is 0 Å². The number of fused-ring (bicyclic) bond motifs is 6. The van der Waals surface area contributed by atoms with E-state index in [1.807, 2.05) is 72.8 Å². The molecular formula is C45H27N3S2. The molecule has 0 fully saturated rings. The number of hydrogen-bond donors (Lipinski definition) is 0. The van der Waals surface area contributed by atoms with Gasteiger partial charge in [0.25, 0.3) is 0 Å². The average Bonchev–Trinajstić information content (AvgIpc) is 3.80. The van der Waals surface area contributed by atoms with Crippen LogP contribution in [0, 0.1) is 0 Å². The molecule has 3 aromatic heterocycles. The van der Waals surface area contributed by atoms with E-state index in [9.17, 15) is 0 Å². The molecule has 50 heavy (non-hydrogen) atoms. The first-order valence-electron chi connectivity index (χ1n) is 18.7. The van der Waals surface area contributed by atoms with E-state index in [1.54, 1.807) is 11.3 Å². The van der Waals surface area contributed by atoms with Gasteiger partial charge in [0.15, 0.2) is 17.5 Å². The third-order valence-electron chi connectivity index (χ3n) is 9.01. The van der Waals surface area contributed by atoms with E-state index < -0.39 is 6.04 Å². The monoisotopic (exact) mass is 678 g/mol. The van der Waals surface area contributed by atoms with E-state index in [2.05, 4.69) is 60.7 Å². The van der Waals surface area contributed by atoms with Crippen LogP contribution in [-0.4, -0.2) is 15.0 Å². The molecule has 0 bridgehead atoms. The molecule has 0 spiro atoms. The quantitative estimate of drug-likeness (QED) is 0.182. The minimum atomic E-state index is -0.412. The number of benzene rings is 7. The van der Waals surface area contributed by atoms with Gasteiger partial charge in [0, 0.05) is 62.6 Å². The topological polar surface area (TPSA) is 38.7 Å². The zero-order valence-corrected chi connectivity index (χ0v) is 28.0. The van der Waals surface area contributed by atoms with Crippen LogP contribution in [-0.2, 0) is 0 Å². The molecule has 0 unspecified atom stereocenters. The van der Waals surface area contributed by atoms with Gasteiger partial charge in [-0.05, 0) is 59.2 Å². The van der Waals surface area contributed by atoms with Crippen molar-refractivity contribution in [2.45, 2.75) is 0 Å². The predicted molar refractivity (Wildman–Crippen MR) is 213 cm³/mol. The van der Waals surface area contributed by atoms with Gasteiger partial charge in [0.2, 0.25) is 0 Å². The van der Waals surface area contributed by atoms with Crippen LogP contribution in [0.4, 0.5) is 0 Å². The van der Waals surface area contributed by atoms with E-state index in [1.165, 1.54) is 26.1 Å². The van der Waals surface area contributed by atoms with Crippen molar-refractivity contribution in [3.05, 3.63) is 164 Å². The van der Waals surface area contributed by atoms with Gasteiger partial charge in [-0.15, -0.1) is 22.7 Å². The largest absolute Gasteiger partial charge is 0.208 e. The number of rotatable bonds is 5. The molecule has 0 atom stereocenters. The van der Waals surface area contributed by atoms with Crippen LogP contribution in [0.15, 0.2) is 164 Å². The SMILES string of the molecule is [2H]c1c([2H])c([2H])c(-c2cc(-c3ccccc3)cc3c2sc2cc(-c4nc(-c5ccccc5)nc(-c5ccc6sc7ccccc7c6c5)n4)ccc23)c([2H])c1[2H]. The van der Waals surface area contributed by atoms with Gasteiger partial charge >= 0.3 is 0 Å². The lowest BCUT2D eigenvalue weighted by atomic mass is 9.96. The second kappa shape index (κ2) is 11.8. The Bertz CT molecular complexity index is 3130.